The minimum absolute atomic E-state index is 0.0207. The van der Waals surface area contributed by atoms with Gasteiger partial charge in [0.25, 0.3) is 0 Å². The van der Waals surface area contributed by atoms with Gasteiger partial charge in [-0.3, -0.25) is 9.69 Å². The lowest BCUT2D eigenvalue weighted by atomic mass is 10.2. The van der Waals surface area contributed by atoms with Crippen molar-refractivity contribution in [2.24, 2.45) is 0 Å². The van der Waals surface area contributed by atoms with Crippen molar-refractivity contribution in [3.05, 3.63) is 39.5 Å². The third-order valence-electron chi connectivity index (χ3n) is 2.77. The number of nitrogens with one attached hydrogen (secondary N) is 1. The summed E-state index contributed by atoms with van der Waals surface area (Å²) in [4.78, 5) is 14.1. The van der Waals surface area contributed by atoms with Crippen molar-refractivity contribution < 1.29 is 4.79 Å². The van der Waals surface area contributed by atoms with Crippen LogP contribution in [0.4, 0.5) is 5.69 Å². The Morgan fingerprint density at radius 2 is 2.11 bits per heavy atom. The molecule has 0 radical (unpaired) electrons. The van der Waals surface area contributed by atoms with Gasteiger partial charge in [0.05, 0.1) is 6.54 Å². The van der Waals surface area contributed by atoms with E-state index < -0.39 is 0 Å². The van der Waals surface area contributed by atoms with E-state index in [1.165, 1.54) is 3.57 Å². The number of benzene rings is 1. The van der Waals surface area contributed by atoms with Crippen LogP contribution in [0.25, 0.3) is 0 Å². The topological polar surface area (TPSA) is 32.3 Å². The molecule has 0 aromatic heterocycles. The number of halogens is 1. The summed E-state index contributed by atoms with van der Waals surface area (Å²) in [5.74, 6) is 0.0207. The van der Waals surface area contributed by atoms with Crippen molar-refractivity contribution in [2.45, 2.75) is 20.8 Å². The molecule has 1 amide bonds. The number of aryl methyl sites for hydroxylation is 1. The molecule has 1 rings (SSSR count). The third kappa shape index (κ3) is 5.74. The zero-order chi connectivity index (χ0) is 14.4. The Balaban J connectivity index is 2.61. The van der Waals surface area contributed by atoms with Gasteiger partial charge >= 0.3 is 0 Å². The molecule has 0 saturated carbocycles. The van der Waals surface area contributed by atoms with Gasteiger partial charge in [-0.15, -0.1) is 0 Å². The molecule has 19 heavy (non-hydrogen) atoms. The van der Waals surface area contributed by atoms with Gasteiger partial charge in [0.2, 0.25) is 5.91 Å². The molecular formula is C15H21IN2O. The lowest BCUT2D eigenvalue weighted by Gasteiger charge is -2.20. The molecule has 0 fully saturated rings. The molecule has 104 valence electrons. The maximum absolute atomic E-state index is 12.0. The predicted octanol–water partition coefficient (Wildman–Crippen LogP) is 3.44. The maximum Gasteiger partial charge on any atom is 0.238 e. The van der Waals surface area contributed by atoms with Crippen molar-refractivity contribution in [1.82, 2.24) is 4.90 Å². The van der Waals surface area contributed by atoms with Gasteiger partial charge in [-0.2, -0.15) is 0 Å². The van der Waals surface area contributed by atoms with Gasteiger partial charge in [-0.1, -0.05) is 19.1 Å². The number of carbonyl (C=O) groups excluding carboxylic acids is 1. The number of likely N-dealkylation sites (N-methyl/N-ethyl adjacent to an activating group) is 1. The van der Waals surface area contributed by atoms with Gasteiger partial charge in [-0.25, -0.2) is 0 Å². The van der Waals surface area contributed by atoms with Crippen molar-refractivity contribution in [3.8, 4) is 0 Å². The Labute approximate surface area is 129 Å². The van der Waals surface area contributed by atoms with E-state index >= 15 is 0 Å². The summed E-state index contributed by atoms with van der Waals surface area (Å²) < 4.78 is 1.17. The summed E-state index contributed by atoms with van der Waals surface area (Å²) in [6, 6.07) is 6.00. The maximum atomic E-state index is 12.0. The first-order valence-electron chi connectivity index (χ1n) is 6.35. The summed E-state index contributed by atoms with van der Waals surface area (Å²) >= 11 is 2.26. The number of hydrogen-bond donors (Lipinski definition) is 1. The van der Waals surface area contributed by atoms with E-state index in [1.54, 1.807) is 0 Å². The summed E-state index contributed by atoms with van der Waals surface area (Å²) in [7, 11) is 0. The number of hydrogen-bond acceptors (Lipinski definition) is 2. The van der Waals surface area contributed by atoms with Crippen LogP contribution >= 0.6 is 22.6 Å². The fourth-order valence-electron chi connectivity index (χ4n) is 1.82. The van der Waals surface area contributed by atoms with Crippen LogP contribution in [0.1, 0.15) is 19.4 Å². The van der Waals surface area contributed by atoms with Crippen LogP contribution in [0.3, 0.4) is 0 Å². The van der Waals surface area contributed by atoms with Gasteiger partial charge < -0.3 is 5.32 Å². The summed E-state index contributed by atoms with van der Waals surface area (Å²) in [6.45, 7) is 11.9. The fraction of sp³-hybridized carbons (Fsp3) is 0.400. The normalized spacial score (nSPS) is 10.6. The van der Waals surface area contributed by atoms with Gasteiger partial charge in [-0.05, 0) is 66.7 Å². The molecule has 0 aliphatic carbocycles. The van der Waals surface area contributed by atoms with E-state index in [4.69, 9.17) is 0 Å². The summed E-state index contributed by atoms with van der Waals surface area (Å²) in [6.07, 6.45) is 0. The van der Waals surface area contributed by atoms with E-state index in [-0.39, 0.29) is 5.91 Å². The molecule has 0 heterocycles. The molecule has 3 nitrogen and oxygen atoms in total. The SMILES string of the molecule is C=C(C)CN(CC)CC(=O)Nc1ccc(I)cc1C. The van der Waals surface area contributed by atoms with E-state index in [2.05, 4.69) is 45.5 Å². The second-order valence-corrected chi connectivity index (χ2v) is 6.01. The first-order chi connectivity index (χ1) is 8.92. The van der Waals surface area contributed by atoms with Gasteiger partial charge in [0.1, 0.15) is 0 Å². The molecule has 0 unspecified atom stereocenters. The van der Waals surface area contributed by atoms with Crippen LogP contribution in [0.5, 0.6) is 0 Å². The molecule has 4 heteroatoms. The molecule has 0 atom stereocenters. The van der Waals surface area contributed by atoms with Crippen molar-refractivity contribution in [1.29, 1.82) is 0 Å². The van der Waals surface area contributed by atoms with E-state index in [9.17, 15) is 4.79 Å². The monoisotopic (exact) mass is 372 g/mol. The largest absolute Gasteiger partial charge is 0.325 e. The van der Waals surface area contributed by atoms with Crippen LogP contribution in [-0.2, 0) is 4.79 Å². The van der Waals surface area contributed by atoms with E-state index in [0.717, 1.165) is 29.9 Å². The zero-order valence-electron chi connectivity index (χ0n) is 11.8. The molecule has 0 saturated heterocycles. The number of rotatable bonds is 6. The van der Waals surface area contributed by atoms with Crippen LogP contribution in [-0.4, -0.2) is 30.4 Å². The van der Waals surface area contributed by atoms with Crippen LogP contribution in [0.2, 0.25) is 0 Å². The Kier molecular flexibility index (Phi) is 6.51. The number of amides is 1. The Hall–Kier alpha value is -0.880. The first kappa shape index (κ1) is 16.2. The molecule has 1 N–H and O–H groups in total. The molecule has 0 aliphatic heterocycles. The highest BCUT2D eigenvalue weighted by atomic mass is 127. The highest BCUT2D eigenvalue weighted by Gasteiger charge is 2.10. The Bertz CT molecular complexity index is 471. The highest BCUT2D eigenvalue weighted by molar-refractivity contribution is 14.1. The molecule has 0 bridgehead atoms. The summed E-state index contributed by atoms with van der Waals surface area (Å²) in [5, 5.41) is 2.96. The zero-order valence-corrected chi connectivity index (χ0v) is 14.0. The average Bonchev–Trinajstić information content (AvgIpc) is 2.31. The van der Waals surface area contributed by atoms with E-state index in [0.29, 0.717) is 6.54 Å². The number of nitrogens with zero attached hydrogens (tertiary/aromatic N) is 1. The lowest BCUT2D eigenvalue weighted by Crippen LogP contribution is -2.34. The van der Waals surface area contributed by atoms with Crippen molar-refractivity contribution in [3.63, 3.8) is 0 Å². The van der Waals surface area contributed by atoms with Gasteiger partial charge in [0.15, 0.2) is 0 Å². The first-order valence-corrected chi connectivity index (χ1v) is 7.43. The standard InChI is InChI=1S/C15H21IN2O/c1-5-18(9-11(2)3)10-15(19)17-14-7-6-13(16)8-12(14)4/h6-8H,2,5,9-10H2,1,3-4H3,(H,17,19). The van der Waals surface area contributed by atoms with E-state index in [1.807, 2.05) is 32.9 Å². The predicted molar refractivity (Wildman–Crippen MR) is 89.5 cm³/mol. The van der Waals surface area contributed by atoms with Crippen LogP contribution < -0.4 is 5.32 Å². The smallest absolute Gasteiger partial charge is 0.238 e. The van der Waals surface area contributed by atoms with Gasteiger partial charge in [0, 0.05) is 15.8 Å². The molecule has 0 spiro atoms. The van der Waals surface area contributed by atoms with Crippen LogP contribution in [0, 0.1) is 10.5 Å². The quantitative estimate of drug-likeness (QED) is 0.613. The molecular weight excluding hydrogens is 351 g/mol. The molecule has 1 aromatic carbocycles. The lowest BCUT2D eigenvalue weighted by molar-refractivity contribution is -0.117. The second kappa shape index (κ2) is 7.65. The fourth-order valence-corrected chi connectivity index (χ4v) is 2.47. The summed E-state index contributed by atoms with van der Waals surface area (Å²) in [5.41, 5.74) is 3.04. The Morgan fingerprint density at radius 1 is 1.42 bits per heavy atom. The number of anilines is 1. The third-order valence-corrected chi connectivity index (χ3v) is 3.44. The van der Waals surface area contributed by atoms with Crippen LogP contribution in [0.15, 0.2) is 30.4 Å². The van der Waals surface area contributed by atoms with Crippen molar-refractivity contribution in [2.75, 3.05) is 25.0 Å². The Morgan fingerprint density at radius 3 is 2.63 bits per heavy atom. The minimum atomic E-state index is 0.0207. The molecule has 0 aliphatic rings. The molecule has 1 aromatic rings. The highest BCUT2D eigenvalue weighted by Crippen LogP contribution is 2.17. The minimum Gasteiger partial charge on any atom is -0.325 e. The van der Waals surface area contributed by atoms with Crippen molar-refractivity contribution >= 4 is 34.2 Å². The average molecular weight is 372 g/mol. The second-order valence-electron chi connectivity index (χ2n) is 4.77. The number of carbonyl (C=O) groups is 1.